The number of benzene rings is 2. The van der Waals surface area contributed by atoms with Crippen LogP contribution < -0.4 is 11.1 Å². The molecule has 4 nitrogen and oxygen atoms in total. The van der Waals surface area contributed by atoms with E-state index in [4.69, 9.17) is 5.73 Å². The number of nitrogens with zero attached hydrogens (tertiary/aromatic N) is 1. The molecule has 2 aliphatic carbocycles. The van der Waals surface area contributed by atoms with Gasteiger partial charge in [0, 0.05) is 24.3 Å². The second kappa shape index (κ2) is 6.62. The average molecular weight is 335 g/mol. The lowest BCUT2D eigenvalue weighted by molar-refractivity contribution is -0.117. The van der Waals surface area contributed by atoms with Crippen molar-refractivity contribution in [2.75, 3.05) is 12.4 Å². The van der Waals surface area contributed by atoms with Gasteiger partial charge >= 0.3 is 0 Å². The first-order valence-corrected chi connectivity index (χ1v) is 9.06. The summed E-state index contributed by atoms with van der Waals surface area (Å²) in [6.07, 6.45) is 3.31. The highest BCUT2D eigenvalue weighted by Crippen LogP contribution is 2.39. The van der Waals surface area contributed by atoms with Gasteiger partial charge in [0.15, 0.2) is 0 Å². The molecule has 4 heteroatoms. The number of rotatable bonds is 5. The van der Waals surface area contributed by atoms with E-state index in [0.29, 0.717) is 6.42 Å². The number of anilines is 1. The van der Waals surface area contributed by atoms with Gasteiger partial charge < -0.3 is 11.1 Å². The zero-order valence-corrected chi connectivity index (χ0v) is 14.6. The van der Waals surface area contributed by atoms with Crippen LogP contribution >= 0.6 is 0 Å². The molecule has 0 heterocycles. The van der Waals surface area contributed by atoms with E-state index in [9.17, 15) is 4.79 Å². The fraction of sp³-hybridized carbons (Fsp3) is 0.381. The Morgan fingerprint density at radius 2 is 1.80 bits per heavy atom. The van der Waals surface area contributed by atoms with Crippen LogP contribution in [0, 0.1) is 0 Å². The number of nitrogens with one attached hydrogen (secondary N) is 1. The van der Waals surface area contributed by atoms with E-state index in [1.807, 2.05) is 36.4 Å². The van der Waals surface area contributed by atoms with Crippen LogP contribution in [-0.2, 0) is 11.3 Å². The van der Waals surface area contributed by atoms with E-state index in [-0.39, 0.29) is 17.9 Å². The van der Waals surface area contributed by atoms with Gasteiger partial charge in [-0.3, -0.25) is 9.69 Å². The summed E-state index contributed by atoms with van der Waals surface area (Å²) in [5, 5.41) is 3.05. The van der Waals surface area contributed by atoms with Crippen molar-refractivity contribution in [1.82, 2.24) is 4.90 Å². The third kappa shape index (κ3) is 3.46. The normalized spacial score (nSPS) is 22.0. The van der Waals surface area contributed by atoms with E-state index in [0.717, 1.165) is 29.4 Å². The average Bonchev–Trinajstić information content (AvgIpc) is 3.41. The fourth-order valence-electron chi connectivity index (χ4n) is 3.78. The van der Waals surface area contributed by atoms with Gasteiger partial charge in [0.1, 0.15) is 0 Å². The van der Waals surface area contributed by atoms with E-state index in [1.54, 1.807) is 0 Å². The summed E-state index contributed by atoms with van der Waals surface area (Å²) in [6.45, 7) is 0.962. The molecule has 2 aromatic carbocycles. The molecule has 1 saturated carbocycles. The molecule has 3 N–H and O–H groups in total. The van der Waals surface area contributed by atoms with Gasteiger partial charge in [0.05, 0.1) is 5.92 Å². The zero-order valence-electron chi connectivity index (χ0n) is 14.6. The lowest BCUT2D eigenvalue weighted by atomic mass is 10.0. The number of fused-ring (bicyclic) bond motifs is 1. The lowest BCUT2D eigenvalue weighted by Gasteiger charge is -2.16. The van der Waals surface area contributed by atoms with Crippen molar-refractivity contribution in [3.05, 3.63) is 65.2 Å². The third-order valence-corrected chi connectivity index (χ3v) is 5.40. The number of amides is 1. The van der Waals surface area contributed by atoms with E-state index < -0.39 is 0 Å². The molecular weight excluding hydrogens is 310 g/mol. The molecule has 0 bridgehead atoms. The molecule has 2 unspecified atom stereocenters. The molecule has 2 aromatic rings. The maximum atomic E-state index is 12.7. The first-order chi connectivity index (χ1) is 12.1. The molecule has 1 fully saturated rings. The largest absolute Gasteiger partial charge is 0.326 e. The van der Waals surface area contributed by atoms with Crippen LogP contribution in [0.15, 0.2) is 48.5 Å². The molecule has 1 amide bonds. The van der Waals surface area contributed by atoms with Gasteiger partial charge in [-0.25, -0.2) is 0 Å². The van der Waals surface area contributed by atoms with Crippen LogP contribution in [0.2, 0.25) is 0 Å². The molecule has 130 valence electrons. The van der Waals surface area contributed by atoms with Crippen molar-refractivity contribution in [1.29, 1.82) is 0 Å². The molecule has 0 spiro atoms. The van der Waals surface area contributed by atoms with Crippen molar-refractivity contribution in [2.24, 2.45) is 5.73 Å². The Hall–Kier alpha value is -2.17. The Bertz CT molecular complexity index is 767. The number of hydrogen-bond donors (Lipinski definition) is 2. The third-order valence-electron chi connectivity index (χ3n) is 5.40. The molecule has 2 aliphatic rings. The van der Waals surface area contributed by atoms with Crippen LogP contribution in [0.3, 0.4) is 0 Å². The Morgan fingerprint density at radius 1 is 1.12 bits per heavy atom. The van der Waals surface area contributed by atoms with Crippen LogP contribution in [0.4, 0.5) is 5.69 Å². The summed E-state index contributed by atoms with van der Waals surface area (Å²) in [5.41, 5.74) is 10.5. The number of hydrogen-bond acceptors (Lipinski definition) is 3. The first-order valence-electron chi connectivity index (χ1n) is 9.06. The summed E-state index contributed by atoms with van der Waals surface area (Å²) in [5.74, 6) is -0.130. The molecule has 4 rings (SSSR count). The van der Waals surface area contributed by atoms with Crippen LogP contribution in [0.5, 0.6) is 0 Å². The van der Waals surface area contributed by atoms with E-state index in [1.165, 1.54) is 18.4 Å². The molecule has 0 aromatic heterocycles. The summed E-state index contributed by atoms with van der Waals surface area (Å²) in [7, 11) is 2.17. The van der Waals surface area contributed by atoms with Crippen LogP contribution in [0.25, 0.3) is 0 Å². The van der Waals surface area contributed by atoms with Gasteiger partial charge in [0.2, 0.25) is 5.91 Å². The fourth-order valence-corrected chi connectivity index (χ4v) is 3.78. The van der Waals surface area contributed by atoms with Gasteiger partial charge in [-0.2, -0.15) is 0 Å². The Kier molecular flexibility index (Phi) is 4.32. The summed E-state index contributed by atoms with van der Waals surface area (Å²) in [4.78, 5) is 15.1. The van der Waals surface area contributed by atoms with Gasteiger partial charge in [-0.1, -0.05) is 36.4 Å². The molecule has 0 saturated heterocycles. The first kappa shape index (κ1) is 16.3. The maximum Gasteiger partial charge on any atom is 0.231 e. The zero-order chi connectivity index (χ0) is 17.4. The van der Waals surface area contributed by atoms with Crippen molar-refractivity contribution in [2.45, 2.75) is 43.8 Å². The highest BCUT2D eigenvalue weighted by molar-refractivity contribution is 5.96. The van der Waals surface area contributed by atoms with Gasteiger partial charge in [-0.05, 0) is 55.1 Å². The van der Waals surface area contributed by atoms with Gasteiger partial charge in [-0.15, -0.1) is 0 Å². The van der Waals surface area contributed by atoms with Crippen molar-refractivity contribution in [3.8, 4) is 0 Å². The molecular formula is C21H25N3O. The number of carbonyl (C=O) groups excluding carboxylic acids is 1. The van der Waals surface area contributed by atoms with E-state index >= 15 is 0 Å². The minimum Gasteiger partial charge on any atom is -0.326 e. The van der Waals surface area contributed by atoms with Crippen molar-refractivity contribution in [3.63, 3.8) is 0 Å². The van der Waals surface area contributed by atoms with Crippen LogP contribution in [0.1, 0.15) is 47.9 Å². The second-order valence-electron chi connectivity index (χ2n) is 7.36. The number of carbonyl (C=O) groups is 1. The van der Waals surface area contributed by atoms with E-state index in [2.05, 4.69) is 29.4 Å². The summed E-state index contributed by atoms with van der Waals surface area (Å²) >= 11 is 0. The molecule has 25 heavy (non-hydrogen) atoms. The smallest absolute Gasteiger partial charge is 0.231 e. The SMILES string of the molecule is CN(Cc1ccc(NC(=O)C2CC(N)c3ccccc32)cc1)C1CC1. The predicted molar refractivity (Wildman–Crippen MR) is 100 cm³/mol. The monoisotopic (exact) mass is 335 g/mol. The Balaban J connectivity index is 1.41. The maximum absolute atomic E-state index is 12.7. The minimum atomic E-state index is -0.160. The lowest BCUT2D eigenvalue weighted by Crippen LogP contribution is -2.21. The molecule has 0 aliphatic heterocycles. The molecule has 2 atom stereocenters. The topological polar surface area (TPSA) is 58.4 Å². The highest BCUT2D eigenvalue weighted by atomic mass is 16.1. The van der Waals surface area contributed by atoms with Crippen LogP contribution in [-0.4, -0.2) is 23.9 Å². The quantitative estimate of drug-likeness (QED) is 0.880. The Labute approximate surface area is 149 Å². The summed E-state index contributed by atoms with van der Waals surface area (Å²) in [6, 6.07) is 16.9. The molecule has 0 radical (unpaired) electrons. The highest BCUT2D eigenvalue weighted by Gasteiger charge is 2.33. The number of nitrogens with two attached hydrogens (primary N) is 1. The minimum absolute atomic E-state index is 0.0308. The van der Waals surface area contributed by atoms with Crippen molar-refractivity contribution < 1.29 is 4.79 Å². The predicted octanol–water partition coefficient (Wildman–Crippen LogP) is 3.41. The standard InChI is InChI=1S/C21H25N3O/c1-24(16-10-11-16)13-14-6-8-15(9-7-14)23-21(25)19-12-20(22)18-5-3-2-4-17(18)19/h2-9,16,19-20H,10-13,22H2,1H3,(H,23,25). The Morgan fingerprint density at radius 3 is 2.48 bits per heavy atom. The van der Waals surface area contributed by atoms with Gasteiger partial charge in [0.25, 0.3) is 0 Å². The second-order valence-corrected chi connectivity index (χ2v) is 7.36. The van der Waals surface area contributed by atoms with Crippen molar-refractivity contribution >= 4 is 11.6 Å². The summed E-state index contributed by atoms with van der Waals surface area (Å²) < 4.78 is 0.